The number of aromatic nitrogens is 1. The number of hydrogen-bond acceptors (Lipinski definition) is 3. The van der Waals surface area contributed by atoms with Crippen LogP contribution in [0.5, 0.6) is 0 Å². The van der Waals surface area contributed by atoms with Crippen LogP contribution in [0.3, 0.4) is 0 Å². The summed E-state index contributed by atoms with van der Waals surface area (Å²) in [5.41, 5.74) is 1.67. The molecule has 1 aromatic rings. The number of ether oxygens (including phenoxy) is 1. The first-order chi connectivity index (χ1) is 6.81. The second-order valence-electron chi connectivity index (χ2n) is 3.48. The minimum atomic E-state index is -0.287. The van der Waals surface area contributed by atoms with E-state index >= 15 is 0 Å². The number of H-pyrrole nitrogens is 1. The number of esters is 1. The fourth-order valence-corrected chi connectivity index (χ4v) is 1.80. The maximum absolute atomic E-state index is 11.2. The van der Waals surface area contributed by atoms with Gasteiger partial charge in [0.05, 0.1) is 12.7 Å². The van der Waals surface area contributed by atoms with E-state index in [1.165, 1.54) is 13.5 Å². The number of aromatic amines is 1. The molecule has 1 saturated heterocycles. The molecule has 1 aliphatic rings. The third kappa shape index (κ3) is 1.65. The number of hydrogen-bond donors (Lipinski definition) is 2. The van der Waals surface area contributed by atoms with Gasteiger partial charge in [0.25, 0.3) is 0 Å². The van der Waals surface area contributed by atoms with E-state index in [-0.39, 0.29) is 5.97 Å². The molecule has 2 N–H and O–H groups in total. The first kappa shape index (κ1) is 9.27. The molecular formula is C10H14N2O2. The Morgan fingerprint density at radius 1 is 1.64 bits per heavy atom. The zero-order valence-corrected chi connectivity index (χ0v) is 8.17. The number of rotatable bonds is 2. The van der Waals surface area contributed by atoms with E-state index in [0.717, 1.165) is 18.7 Å². The molecule has 1 fully saturated rings. The highest BCUT2D eigenvalue weighted by Gasteiger charge is 2.19. The lowest BCUT2D eigenvalue weighted by molar-refractivity contribution is 0.0601. The summed E-state index contributed by atoms with van der Waals surface area (Å²) < 4.78 is 4.63. The first-order valence-corrected chi connectivity index (χ1v) is 4.81. The van der Waals surface area contributed by atoms with E-state index in [0.29, 0.717) is 11.6 Å². The monoisotopic (exact) mass is 194 g/mol. The van der Waals surface area contributed by atoms with Crippen molar-refractivity contribution in [1.29, 1.82) is 0 Å². The number of carbonyl (C=O) groups is 1. The Morgan fingerprint density at radius 3 is 3.14 bits per heavy atom. The van der Waals surface area contributed by atoms with Gasteiger partial charge >= 0.3 is 5.97 Å². The van der Waals surface area contributed by atoms with Crippen LogP contribution in [-0.4, -0.2) is 24.6 Å². The van der Waals surface area contributed by atoms with Gasteiger partial charge < -0.3 is 15.0 Å². The molecule has 0 saturated carbocycles. The van der Waals surface area contributed by atoms with Crippen LogP contribution in [0.2, 0.25) is 0 Å². The zero-order valence-electron chi connectivity index (χ0n) is 8.17. The van der Waals surface area contributed by atoms with Crippen LogP contribution in [-0.2, 0) is 4.74 Å². The number of methoxy groups -OCH3 is 1. The van der Waals surface area contributed by atoms with Crippen molar-refractivity contribution in [1.82, 2.24) is 10.3 Å². The predicted molar refractivity (Wildman–Crippen MR) is 52.1 cm³/mol. The topological polar surface area (TPSA) is 54.1 Å². The average molecular weight is 194 g/mol. The molecule has 0 spiro atoms. The molecule has 2 rings (SSSR count). The van der Waals surface area contributed by atoms with Crippen LogP contribution >= 0.6 is 0 Å². The summed E-state index contributed by atoms with van der Waals surface area (Å²) in [6.45, 7) is 1.05. The molecule has 0 aliphatic carbocycles. The smallest absolute Gasteiger partial charge is 0.339 e. The average Bonchev–Trinajstić information content (AvgIpc) is 2.86. The maximum atomic E-state index is 11.2. The molecule has 0 bridgehead atoms. The largest absolute Gasteiger partial charge is 0.465 e. The third-order valence-electron chi connectivity index (χ3n) is 2.56. The summed E-state index contributed by atoms with van der Waals surface area (Å²) in [6.07, 6.45) is 4.01. The lowest BCUT2D eigenvalue weighted by Gasteiger charge is -2.06. The molecular weight excluding hydrogens is 180 g/mol. The van der Waals surface area contributed by atoms with Crippen molar-refractivity contribution >= 4 is 5.97 Å². The van der Waals surface area contributed by atoms with E-state index in [1.807, 2.05) is 6.07 Å². The van der Waals surface area contributed by atoms with Crippen molar-refractivity contribution in [3.8, 4) is 0 Å². The van der Waals surface area contributed by atoms with Gasteiger partial charge in [-0.15, -0.1) is 0 Å². The summed E-state index contributed by atoms with van der Waals surface area (Å²) in [5.74, 6) is -0.287. The number of nitrogens with one attached hydrogen (secondary N) is 2. The van der Waals surface area contributed by atoms with Gasteiger partial charge in [0.1, 0.15) is 0 Å². The van der Waals surface area contributed by atoms with Crippen molar-refractivity contribution in [2.45, 2.75) is 18.9 Å². The fraction of sp³-hybridized carbons (Fsp3) is 0.500. The van der Waals surface area contributed by atoms with Crippen molar-refractivity contribution in [2.75, 3.05) is 13.7 Å². The second-order valence-corrected chi connectivity index (χ2v) is 3.48. The Bertz CT molecular complexity index is 327. The van der Waals surface area contributed by atoms with Crippen LogP contribution in [0.15, 0.2) is 12.3 Å². The molecule has 14 heavy (non-hydrogen) atoms. The van der Waals surface area contributed by atoms with Crippen molar-refractivity contribution in [3.05, 3.63) is 23.5 Å². The Morgan fingerprint density at radius 2 is 2.50 bits per heavy atom. The van der Waals surface area contributed by atoms with Crippen LogP contribution in [0.4, 0.5) is 0 Å². The summed E-state index contributed by atoms with van der Waals surface area (Å²) in [5, 5.41) is 3.36. The van der Waals surface area contributed by atoms with Crippen molar-refractivity contribution in [2.24, 2.45) is 0 Å². The minimum Gasteiger partial charge on any atom is -0.465 e. The predicted octanol–water partition coefficient (Wildman–Crippen LogP) is 1.23. The number of carbonyl (C=O) groups excluding carboxylic acids is 1. The van der Waals surface area contributed by atoms with E-state index in [1.54, 1.807) is 6.20 Å². The highest BCUT2D eigenvalue weighted by molar-refractivity contribution is 5.89. The lowest BCUT2D eigenvalue weighted by Crippen LogP contribution is -2.12. The minimum absolute atomic E-state index is 0.287. The molecule has 0 aromatic carbocycles. The Balaban J connectivity index is 2.12. The Hall–Kier alpha value is -1.29. The Labute approximate surface area is 82.6 Å². The molecule has 1 atom stereocenters. The standard InChI is InChI=1S/C10H14N2O2/c1-14-10(13)7-5-9(12-6-7)8-3-2-4-11-8/h5-6,8,11-12H,2-4H2,1H3/t8-/m0/s1. The van der Waals surface area contributed by atoms with E-state index < -0.39 is 0 Å². The zero-order chi connectivity index (χ0) is 9.97. The molecule has 2 heterocycles. The molecule has 0 unspecified atom stereocenters. The quantitative estimate of drug-likeness (QED) is 0.696. The molecule has 76 valence electrons. The van der Waals surface area contributed by atoms with Gasteiger partial charge in [-0.3, -0.25) is 0 Å². The maximum Gasteiger partial charge on any atom is 0.339 e. The normalized spacial score (nSPS) is 21.1. The Kier molecular flexibility index (Phi) is 2.54. The van der Waals surface area contributed by atoms with Gasteiger partial charge in [0.15, 0.2) is 0 Å². The highest BCUT2D eigenvalue weighted by atomic mass is 16.5. The molecule has 1 aliphatic heterocycles. The van der Waals surface area contributed by atoms with Crippen LogP contribution in [0.1, 0.15) is 34.9 Å². The molecule has 1 aromatic heterocycles. The van der Waals surface area contributed by atoms with Crippen LogP contribution < -0.4 is 5.32 Å². The van der Waals surface area contributed by atoms with Gasteiger partial charge in [-0.2, -0.15) is 0 Å². The molecule has 0 radical (unpaired) electrons. The van der Waals surface area contributed by atoms with Crippen LogP contribution in [0, 0.1) is 0 Å². The second kappa shape index (κ2) is 3.84. The van der Waals surface area contributed by atoms with E-state index in [4.69, 9.17) is 0 Å². The van der Waals surface area contributed by atoms with E-state index in [2.05, 4.69) is 15.0 Å². The summed E-state index contributed by atoms with van der Waals surface area (Å²) in [4.78, 5) is 14.3. The van der Waals surface area contributed by atoms with Gasteiger partial charge in [-0.05, 0) is 25.5 Å². The van der Waals surface area contributed by atoms with Gasteiger partial charge in [-0.25, -0.2) is 4.79 Å². The summed E-state index contributed by atoms with van der Waals surface area (Å²) >= 11 is 0. The molecule has 4 nitrogen and oxygen atoms in total. The summed E-state index contributed by atoms with van der Waals surface area (Å²) in [7, 11) is 1.39. The van der Waals surface area contributed by atoms with Crippen molar-refractivity contribution < 1.29 is 9.53 Å². The first-order valence-electron chi connectivity index (χ1n) is 4.81. The van der Waals surface area contributed by atoms with Crippen molar-refractivity contribution in [3.63, 3.8) is 0 Å². The van der Waals surface area contributed by atoms with E-state index in [9.17, 15) is 4.79 Å². The lowest BCUT2D eigenvalue weighted by atomic mass is 10.1. The SMILES string of the molecule is COC(=O)c1c[nH]c([C@@H]2CCCN2)c1. The van der Waals surface area contributed by atoms with Crippen LogP contribution in [0.25, 0.3) is 0 Å². The molecule has 4 heteroatoms. The van der Waals surface area contributed by atoms with Gasteiger partial charge in [0, 0.05) is 17.9 Å². The molecule has 0 amide bonds. The van der Waals surface area contributed by atoms with Gasteiger partial charge in [0.2, 0.25) is 0 Å². The fourth-order valence-electron chi connectivity index (χ4n) is 1.80. The van der Waals surface area contributed by atoms with Gasteiger partial charge in [-0.1, -0.05) is 0 Å². The third-order valence-corrected chi connectivity index (χ3v) is 2.56. The highest BCUT2D eigenvalue weighted by Crippen LogP contribution is 2.22. The summed E-state index contributed by atoms with van der Waals surface area (Å²) in [6, 6.07) is 2.22.